The zero-order chi connectivity index (χ0) is 15.4. The number of fused-ring (bicyclic) bond motifs is 1. The van der Waals surface area contributed by atoms with Crippen molar-refractivity contribution < 1.29 is 14.3 Å². The fourth-order valence-electron chi connectivity index (χ4n) is 1.95. The number of thioether (sulfide) groups is 1. The number of hydrogen-bond donors (Lipinski definition) is 1. The first-order chi connectivity index (χ1) is 10.0. The van der Waals surface area contributed by atoms with Crippen molar-refractivity contribution >= 4 is 53.4 Å². The Hall–Kier alpha value is -1.21. The molecule has 0 bridgehead atoms. The fourth-order valence-corrected chi connectivity index (χ4v) is 3.01. The highest BCUT2D eigenvalue weighted by Crippen LogP contribution is 2.30. The van der Waals surface area contributed by atoms with Crippen LogP contribution < -0.4 is 10.5 Å². The summed E-state index contributed by atoms with van der Waals surface area (Å²) in [6.07, 6.45) is 0. The van der Waals surface area contributed by atoms with Crippen LogP contribution in [0, 0.1) is 6.92 Å². The van der Waals surface area contributed by atoms with Crippen molar-refractivity contribution in [2.75, 3.05) is 20.0 Å². The van der Waals surface area contributed by atoms with Crippen LogP contribution >= 0.6 is 36.6 Å². The number of esters is 1. The lowest BCUT2D eigenvalue weighted by Gasteiger charge is -2.12. The Morgan fingerprint density at radius 2 is 2.00 bits per heavy atom. The summed E-state index contributed by atoms with van der Waals surface area (Å²) in [4.78, 5) is 16.9. The summed E-state index contributed by atoms with van der Waals surface area (Å²) in [5.41, 5.74) is 7.59. The molecule has 8 heteroatoms. The van der Waals surface area contributed by atoms with E-state index in [1.165, 1.54) is 18.9 Å². The molecule has 0 aliphatic heterocycles. The average molecular weight is 379 g/mol. The lowest BCUT2D eigenvalue weighted by Crippen LogP contribution is -2.33. The Balaban J connectivity index is 0.00000242. The first kappa shape index (κ1) is 21.8. The highest BCUT2D eigenvalue weighted by atomic mass is 35.5. The van der Waals surface area contributed by atoms with Gasteiger partial charge in [-0.3, -0.25) is 9.78 Å². The zero-order valence-electron chi connectivity index (χ0n) is 13.1. The molecule has 1 aromatic heterocycles. The SMILES string of the molecule is COC(=O)C(N)CSc1cc(C)nc2ccc(OC)cc12.Cl.Cl. The van der Waals surface area contributed by atoms with Crippen molar-refractivity contribution in [2.24, 2.45) is 5.73 Å². The maximum absolute atomic E-state index is 11.4. The summed E-state index contributed by atoms with van der Waals surface area (Å²) in [6, 6.07) is 7.08. The smallest absolute Gasteiger partial charge is 0.323 e. The molecule has 0 aliphatic carbocycles. The molecule has 1 heterocycles. The number of carbonyl (C=O) groups excluding carboxylic acids is 1. The van der Waals surface area contributed by atoms with Crippen LogP contribution in [0.4, 0.5) is 0 Å². The van der Waals surface area contributed by atoms with E-state index in [0.29, 0.717) is 5.75 Å². The van der Waals surface area contributed by atoms with Crippen LogP contribution in [0.25, 0.3) is 10.9 Å². The Bertz CT molecular complexity index is 670. The molecule has 0 saturated carbocycles. The maximum atomic E-state index is 11.4. The molecule has 2 N–H and O–H groups in total. The molecule has 128 valence electrons. The van der Waals surface area contributed by atoms with Crippen molar-refractivity contribution in [2.45, 2.75) is 17.9 Å². The summed E-state index contributed by atoms with van der Waals surface area (Å²) in [5, 5.41) is 0.988. The number of nitrogens with two attached hydrogens (primary N) is 1. The molecule has 1 unspecified atom stereocenters. The van der Waals surface area contributed by atoms with Crippen molar-refractivity contribution in [1.82, 2.24) is 4.98 Å². The van der Waals surface area contributed by atoms with Gasteiger partial charge in [-0.1, -0.05) is 0 Å². The molecule has 2 rings (SSSR count). The fraction of sp³-hybridized carbons (Fsp3) is 0.333. The van der Waals surface area contributed by atoms with Gasteiger partial charge >= 0.3 is 5.97 Å². The summed E-state index contributed by atoms with van der Waals surface area (Å²) >= 11 is 1.51. The van der Waals surface area contributed by atoms with Crippen molar-refractivity contribution in [3.8, 4) is 5.75 Å². The predicted molar refractivity (Wildman–Crippen MR) is 98.2 cm³/mol. The van der Waals surface area contributed by atoms with E-state index in [0.717, 1.165) is 27.2 Å². The second-order valence-corrected chi connectivity index (χ2v) is 5.65. The lowest BCUT2D eigenvalue weighted by atomic mass is 10.2. The predicted octanol–water partition coefficient (Wildman–Crippen LogP) is 2.99. The third kappa shape index (κ3) is 5.42. The summed E-state index contributed by atoms with van der Waals surface area (Å²) in [7, 11) is 2.96. The third-order valence-corrected chi connectivity index (χ3v) is 4.20. The van der Waals surface area contributed by atoms with Crippen LogP contribution in [0.3, 0.4) is 0 Å². The number of ether oxygens (including phenoxy) is 2. The van der Waals surface area contributed by atoms with Gasteiger partial charge in [-0.25, -0.2) is 0 Å². The molecule has 0 aliphatic rings. The first-order valence-corrected chi connectivity index (χ1v) is 7.45. The van der Waals surface area contributed by atoms with E-state index in [1.54, 1.807) is 7.11 Å². The molecule has 0 amide bonds. The molecule has 0 saturated heterocycles. The van der Waals surface area contributed by atoms with E-state index in [9.17, 15) is 4.79 Å². The highest BCUT2D eigenvalue weighted by molar-refractivity contribution is 7.99. The highest BCUT2D eigenvalue weighted by Gasteiger charge is 2.15. The summed E-state index contributed by atoms with van der Waals surface area (Å²) < 4.78 is 9.89. The van der Waals surface area contributed by atoms with E-state index in [-0.39, 0.29) is 24.8 Å². The number of benzene rings is 1. The Kier molecular flexibility index (Phi) is 9.31. The van der Waals surface area contributed by atoms with Crippen molar-refractivity contribution in [1.29, 1.82) is 0 Å². The number of pyridine rings is 1. The topological polar surface area (TPSA) is 74.4 Å². The third-order valence-electron chi connectivity index (χ3n) is 3.03. The normalized spacial score (nSPS) is 11.1. The van der Waals surface area contributed by atoms with Gasteiger partial charge in [-0.15, -0.1) is 36.6 Å². The number of aromatic nitrogens is 1. The molecule has 2 aromatic rings. The minimum Gasteiger partial charge on any atom is -0.497 e. The molecule has 1 aromatic carbocycles. The molecular weight excluding hydrogens is 359 g/mol. The number of carbonyl (C=O) groups is 1. The number of methoxy groups -OCH3 is 2. The van der Waals surface area contributed by atoms with Gasteiger partial charge in [0.25, 0.3) is 0 Å². The monoisotopic (exact) mass is 378 g/mol. The van der Waals surface area contributed by atoms with E-state index < -0.39 is 12.0 Å². The van der Waals surface area contributed by atoms with E-state index in [4.69, 9.17) is 10.5 Å². The summed E-state index contributed by atoms with van der Waals surface area (Å²) in [6.45, 7) is 1.94. The van der Waals surface area contributed by atoms with E-state index in [2.05, 4.69) is 9.72 Å². The molecular formula is C15H20Cl2N2O3S. The summed E-state index contributed by atoms with van der Waals surface area (Å²) in [5.74, 6) is 0.810. The van der Waals surface area contributed by atoms with E-state index >= 15 is 0 Å². The molecule has 0 radical (unpaired) electrons. The maximum Gasteiger partial charge on any atom is 0.323 e. The molecule has 0 fully saturated rings. The minimum atomic E-state index is -0.644. The molecule has 23 heavy (non-hydrogen) atoms. The van der Waals surface area contributed by atoms with Gasteiger partial charge < -0.3 is 15.2 Å². The van der Waals surface area contributed by atoms with Gasteiger partial charge in [-0.05, 0) is 31.2 Å². The standard InChI is InChI=1S/C15H18N2O3S.2ClH/c1-9-6-14(21-8-12(16)15(18)20-3)11-7-10(19-2)4-5-13(11)17-9;;/h4-7,12H,8,16H2,1-3H3;2*1H. The second-order valence-electron chi connectivity index (χ2n) is 4.59. The number of halogens is 2. The van der Waals surface area contributed by atoms with Crippen LogP contribution in [0.2, 0.25) is 0 Å². The van der Waals surface area contributed by atoms with Gasteiger partial charge in [0, 0.05) is 21.7 Å². The number of rotatable bonds is 5. The van der Waals surface area contributed by atoms with Gasteiger partial charge in [0.1, 0.15) is 11.8 Å². The number of nitrogens with zero attached hydrogens (tertiary/aromatic N) is 1. The molecule has 1 atom stereocenters. The van der Waals surface area contributed by atoms with E-state index in [1.807, 2.05) is 31.2 Å². The van der Waals surface area contributed by atoms with Gasteiger partial charge in [0.15, 0.2) is 0 Å². The minimum absolute atomic E-state index is 0. The molecule has 0 spiro atoms. The van der Waals surface area contributed by atoms with Crippen LogP contribution in [0.15, 0.2) is 29.2 Å². The zero-order valence-corrected chi connectivity index (χ0v) is 15.5. The second kappa shape index (κ2) is 9.82. The Morgan fingerprint density at radius 1 is 1.30 bits per heavy atom. The van der Waals surface area contributed by atoms with Crippen molar-refractivity contribution in [3.05, 3.63) is 30.0 Å². The van der Waals surface area contributed by atoms with Crippen LogP contribution in [-0.2, 0) is 9.53 Å². The molecule has 5 nitrogen and oxygen atoms in total. The van der Waals surface area contributed by atoms with Gasteiger partial charge in [0.05, 0.1) is 19.7 Å². The first-order valence-electron chi connectivity index (χ1n) is 6.46. The average Bonchev–Trinajstić information content (AvgIpc) is 2.50. The Labute approximate surface area is 152 Å². The number of hydrogen-bond acceptors (Lipinski definition) is 6. The van der Waals surface area contributed by atoms with Crippen LogP contribution in [-0.4, -0.2) is 37.0 Å². The van der Waals surface area contributed by atoms with Crippen molar-refractivity contribution in [3.63, 3.8) is 0 Å². The van der Waals surface area contributed by atoms with Gasteiger partial charge in [0.2, 0.25) is 0 Å². The number of aryl methyl sites for hydroxylation is 1. The largest absolute Gasteiger partial charge is 0.497 e. The van der Waals surface area contributed by atoms with Crippen LogP contribution in [0.5, 0.6) is 5.75 Å². The lowest BCUT2D eigenvalue weighted by molar-refractivity contribution is -0.141. The quantitative estimate of drug-likeness (QED) is 0.636. The van der Waals surface area contributed by atoms with Gasteiger partial charge in [-0.2, -0.15) is 0 Å². The Morgan fingerprint density at radius 3 is 2.61 bits per heavy atom. The van der Waals surface area contributed by atoms with Crippen LogP contribution in [0.1, 0.15) is 5.69 Å².